The van der Waals surface area contributed by atoms with Crippen molar-refractivity contribution in [1.29, 1.82) is 5.26 Å². The molecule has 3 rings (SSSR count). The number of phenolic OH excluding ortho intramolecular Hbond substituents is 1. The van der Waals surface area contributed by atoms with Gasteiger partial charge in [-0.25, -0.2) is 4.99 Å². The molecular formula is C20H20N2OS. The first-order valence-corrected chi connectivity index (χ1v) is 8.96. The van der Waals surface area contributed by atoms with Crippen LogP contribution in [-0.4, -0.2) is 11.3 Å². The summed E-state index contributed by atoms with van der Waals surface area (Å²) >= 11 is 1.61. The molecule has 0 radical (unpaired) electrons. The second kappa shape index (κ2) is 7.02. The third-order valence-corrected chi connectivity index (χ3v) is 5.60. The van der Waals surface area contributed by atoms with E-state index in [1.807, 2.05) is 18.2 Å². The number of aromatic hydroxyl groups is 1. The van der Waals surface area contributed by atoms with Crippen LogP contribution in [0, 0.1) is 17.2 Å². The smallest absolute Gasteiger partial charge is 0.134 e. The molecule has 0 saturated carbocycles. The zero-order chi connectivity index (χ0) is 17.1. The molecule has 0 bridgehead atoms. The molecule has 4 heteroatoms. The number of allylic oxidation sites excluding steroid dienone is 1. The highest BCUT2D eigenvalue weighted by Crippen LogP contribution is 2.40. The molecule has 24 heavy (non-hydrogen) atoms. The number of hydrogen-bond acceptors (Lipinski definition) is 4. The van der Waals surface area contributed by atoms with Crippen LogP contribution in [0.25, 0.3) is 0 Å². The lowest BCUT2D eigenvalue weighted by atomic mass is 9.89. The highest BCUT2D eigenvalue weighted by atomic mass is 32.1. The van der Waals surface area contributed by atoms with E-state index in [0.29, 0.717) is 23.5 Å². The predicted octanol–water partition coefficient (Wildman–Crippen LogP) is 4.93. The number of hydrogen-bond donors (Lipinski definition) is 1. The minimum atomic E-state index is 0.231. The molecule has 0 spiro atoms. The lowest BCUT2D eigenvalue weighted by Crippen LogP contribution is -2.09. The van der Waals surface area contributed by atoms with Gasteiger partial charge < -0.3 is 5.11 Å². The van der Waals surface area contributed by atoms with E-state index in [-0.39, 0.29) is 5.75 Å². The Kier molecular flexibility index (Phi) is 4.82. The molecule has 1 aromatic heterocycles. The minimum absolute atomic E-state index is 0.231. The highest BCUT2D eigenvalue weighted by Gasteiger charge is 2.23. The Balaban J connectivity index is 1.95. The zero-order valence-electron chi connectivity index (χ0n) is 13.7. The summed E-state index contributed by atoms with van der Waals surface area (Å²) in [5.41, 5.74) is 3.38. The zero-order valence-corrected chi connectivity index (χ0v) is 14.6. The normalized spacial score (nSPS) is 16.8. The maximum absolute atomic E-state index is 10.3. The Morgan fingerprint density at radius 1 is 1.50 bits per heavy atom. The van der Waals surface area contributed by atoms with Crippen molar-refractivity contribution in [3.63, 3.8) is 0 Å². The van der Waals surface area contributed by atoms with E-state index in [0.717, 1.165) is 29.8 Å². The summed E-state index contributed by atoms with van der Waals surface area (Å²) in [6.45, 7) is 5.96. The number of aliphatic imine (C=N–C) groups is 1. The van der Waals surface area contributed by atoms with Crippen molar-refractivity contribution in [3.8, 4) is 11.8 Å². The standard InChI is InChI=1S/C20H20N2OS/c1-3-5-14-6-4-7-15(19(14)23)12-22-20-17(11-21)16-9-8-13(2)10-18(16)24-20/h3-4,6-7,12-13,23H,1,5,8-10H2,2H3/t13-/m1/s1. The summed E-state index contributed by atoms with van der Waals surface area (Å²) in [5.74, 6) is 0.897. The molecule has 2 aromatic rings. The van der Waals surface area contributed by atoms with Crippen molar-refractivity contribution in [2.24, 2.45) is 10.9 Å². The number of thiophene rings is 1. The molecule has 0 amide bonds. The van der Waals surface area contributed by atoms with Crippen LogP contribution in [-0.2, 0) is 19.3 Å². The van der Waals surface area contributed by atoms with Crippen LogP contribution in [0.15, 0.2) is 35.8 Å². The molecule has 0 saturated heterocycles. The first-order valence-electron chi connectivity index (χ1n) is 8.14. The summed E-state index contributed by atoms with van der Waals surface area (Å²) in [6, 6.07) is 7.92. The Labute approximate surface area is 146 Å². The molecule has 1 aromatic carbocycles. The second-order valence-electron chi connectivity index (χ2n) is 6.25. The maximum atomic E-state index is 10.3. The Bertz CT molecular complexity index is 842. The Hall–Kier alpha value is -2.38. The molecule has 0 aliphatic heterocycles. The largest absolute Gasteiger partial charge is 0.507 e. The van der Waals surface area contributed by atoms with Gasteiger partial charge in [0.05, 0.1) is 5.56 Å². The Morgan fingerprint density at radius 3 is 3.08 bits per heavy atom. The quantitative estimate of drug-likeness (QED) is 0.636. The molecule has 3 nitrogen and oxygen atoms in total. The minimum Gasteiger partial charge on any atom is -0.507 e. The van der Waals surface area contributed by atoms with Gasteiger partial charge in [-0.2, -0.15) is 5.26 Å². The van der Waals surface area contributed by atoms with Gasteiger partial charge in [-0.3, -0.25) is 0 Å². The number of para-hydroxylation sites is 1. The van der Waals surface area contributed by atoms with Crippen molar-refractivity contribution in [2.45, 2.75) is 32.6 Å². The first kappa shape index (κ1) is 16.5. The van der Waals surface area contributed by atoms with Gasteiger partial charge >= 0.3 is 0 Å². The summed E-state index contributed by atoms with van der Waals surface area (Å²) in [6.07, 6.45) is 7.16. The van der Waals surface area contributed by atoms with Gasteiger partial charge in [0, 0.05) is 16.7 Å². The van der Waals surface area contributed by atoms with Gasteiger partial charge in [-0.15, -0.1) is 17.9 Å². The van der Waals surface area contributed by atoms with Crippen LogP contribution in [0.5, 0.6) is 5.75 Å². The van der Waals surface area contributed by atoms with E-state index in [1.54, 1.807) is 23.6 Å². The van der Waals surface area contributed by atoms with Gasteiger partial charge in [0.15, 0.2) is 0 Å². The maximum Gasteiger partial charge on any atom is 0.134 e. The van der Waals surface area contributed by atoms with Crippen molar-refractivity contribution >= 4 is 22.6 Å². The molecular weight excluding hydrogens is 316 g/mol. The number of rotatable bonds is 4. The van der Waals surface area contributed by atoms with Crippen molar-refractivity contribution in [1.82, 2.24) is 0 Å². The lowest BCUT2D eigenvalue weighted by Gasteiger charge is -2.17. The first-order chi connectivity index (χ1) is 11.6. The topological polar surface area (TPSA) is 56.4 Å². The summed E-state index contributed by atoms with van der Waals surface area (Å²) in [4.78, 5) is 5.82. The van der Waals surface area contributed by atoms with Crippen molar-refractivity contribution in [2.75, 3.05) is 0 Å². The van der Waals surface area contributed by atoms with Crippen LogP contribution in [0.2, 0.25) is 0 Å². The van der Waals surface area contributed by atoms with Gasteiger partial charge in [0.1, 0.15) is 16.8 Å². The van der Waals surface area contributed by atoms with Crippen LogP contribution in [0.1, 0.15) is 40.5 Å². The molecule has 122 valence electrons. The number of phenols is 1. The van der Waals surface area contributed by atoms with Crippen LogP contribution in [0.3, 0.4) is 0 Å². The number of fused-ring (bicyclic) bond motifs is 1. The SMILES string of the molecule is C=CCc1cccc(C=Nc2sc3c(c2C#N)CC[C@@H](C)C3)c1O. The fraction of sp³-hybridized carbons (Fsp3) is 0.300. The van der Waals surface area contributed by atoms with E-state index in [1.165, 1.54) is 10.4 Å². The highest BCUT2D eigenvalue weighted by molar-refractivity contribution is 7.16. The number of benzene rings is 1. The molecule has 1 N–H and O–H groups in total. The molecule has 1 atom stereocenters. The average Bonchev–Trinajstić information content (AvgIpc) is 2.92. The van der Waals surface area contributed by atoms with Gasteiger partial charge in [0.25, 0.3) is 0 Å². The van der Waals surface area contributed by atoms with Gasteiger partial charge in [-0.1, -0.05) is 25.1 Å². The second-order valence-corrected chi connectivity index (χ2v) is 7.33. The molecule has 1 aliphatic carbocycles. The molecule has 0 unspecified atom stereocenters. The average molecular weight is 336 g/mol. The van der Waals surface area contributed by atoms with E-state index >= 15 is 0 Å². The predicted molar refractivity (Wildman–Crippen MR) is 99.5 cm³/mol. The Morgan fingerprint density at radius 2 is 2.33 bits per heavy atom. The summed E-state index contributed by atoms with van der Waals surface area (Å²) < 4.78 is 0. The third-order valence-electron chi connectivity index (χ3n) is 4.44. The van der Waals surface area contributed by atoms with Crippen LogP contribution >= 0.6 is 11.3 Å². The van der Waals surface area contributed by atoms with E-state index in [9.17, 15) is 10.4 Å². The lowest BCUT2D eigenvalue weighted by molar-refractivity contribution is 0.469. The van der Waals surface area contributed by atoms with E-state index in [4.69, 9.17) is 0 Å². The van der Waals surface area contributed by atoms with Gasteiger partial charge in [0.2, 0.25) is 0 Å². The monoisotopic (exact) mass is 336 g/mol. The van der Waals surface area contributed by atoms with Crippen LogP contribution < -0.4 is 0 Å². The van der Waals surface area contributed by atoms with E-state index in [2.05, 4.69) is 24.6 Å². The van der Waals surface area contributed by atoms with Crippen molar-refractivity contribution in [3.05, 3.63) is 58.0 Å². The molecule has 0 fully saturated rings. The number of nitriles is 1. The summed E-state index contributed by atoms with van der Waals surface area (Å²) in [5, 5.41) is 20.6. The molecule has 1 heterocycles. The van der Waals surface area contributed by atoms with Crippen LogP contribution in [0.4, 0.5) is 5.00 Å². The molecule has 1 aliphatic rings. The van der Waals surface area contributed by atoms with Crippen molar-refractivity contribution < 1.29 is 5.11 Å². The number of nitrogens with zero attached hydrogens (tertiary/aromatic N) is 2. The third kappa shape index (κ3) is 3.13. The van der Waals surface area contributed by atoms with Gasteiger partial charge in [-0.05, 0) is 48.8 Å². The summed E-state index contributed by atoms with van der Waals surface area (Å²) in [7, 11) is 0. The fourth-order valence-electron chi connectivity index (χ4n) is 3.11. The fourth-order valence-corrected chi connectivity index (χ4v) is 4.41. The van der Waals surface area contributed by atoms with E-state index < -0.39 is 0 Å².